The fourth-order valence-corrected chi connectivity index (χ4v) is 20.8. The number of fused-ring (bicyclic) bond motifs is 8. The lowest BCUT2D eigenvalue weighted by molar-refractivity contribution is -0.118. The summed E-state index contributed by atoms with van der Waals surface area (Å²) in [5.74, 6) is 0.456. The van der Waals surface area contributed by atoms with Crippen LogP contribution in [0.25, 0.3) is 129 Å². The van der Waals surface area contributed by atoms with Crippen molar-refractivity contribution in [3.8, 4) is 44.5 Å². The van der Waals surface area contributed by atoms with Crippen LogP contribution in [0.1, 0.15) is 134 Å². The second kappa shape index (κ2) is 37.7. The van der Waals surface area contributed by atoms with Gasteiger partial charge in [0.2, 0.25) is 23.6 Å². The Balaban J connectivity index is 0.000000106. The number of H-pyrrole nitrogens is 2. The lowest BCUT2D eigenvalue weighted by Gasteiger charge is -2.22. The van der Waals surface area contributed by atoms with Crippen molar-refractivity contribution in [1.29, 1.82) is 0 Å². The van der Waals surface area contributed by atoms with Crippen LogP contribution >= 0.6 is 56.7 Å². The summed E-state index contributed by atoms with van der Waals surface area (Å²) in [6.45, 7) is 5.36. The van der Waals surface area contributed by atoms with Crippen LogP contribution < -0.4 is 42.5 Å². The maximum atomic E-state index is 12.9. The van der Waals surface area contributed by atoms with E-state index in [-0.39, 0.29) is 95.2 Å². The number of pyridine rings is 4. The van der Waals surface area contributed by atoms with Crippen molar-refractivity contribution >= 4 is 209 Å². The molecule has 12 aromatic heterocycles. The average Bonchev–Trinajstić information content (AvgIpc) is 1.63. The molecule has 4 saturated heterocycles. The molecule has 8 fully saturated rings. The SMILES string of the molecule is O=C(NC1CCOCC1)c1[nH]nc2ncc(-c3ccc4nc(NC(=O)C5CC5)sc4c3)cc12.O=C(NC1CCOCC1)c1c[nH]c2ncc(-c3ccc4nc(NC(=O)C5CC5)sc4c3)cc12.O=C(NC1CCOCC1)c1csc2ncc(-c3ccc4nc(NC(=O)C5CC5)sc4c3)cc12.O=C(Nc1nc2ccc(-c3cnc4cnn(C(=O)NC5CCOCC5)c4c3)cc2s1)C1CC1. The van der Waals surface area contributed by atoms with Crippen LogP contribution in [0.4, 0.5) is 25.3 Å². The van der Waals surface area contributed by atoms with Gasteiger partial charge in [-0.15, -0.1) is 11.3 Å². The Kier molecular flexibility index (Phi) is 24.5. The molecule has 33 nitrogen and oxygen atoms in total. The molecule has 24 rings (SSSR count). The molecule has 8 amide bonds. The van der Waals surface area contributed by atoms with Crippen LogP contribution in [-0.2, 0) is 38.1 Å². The first-order valence-electron chi connectivity index (χ1n) is 44.5. The summed E-state index contributed by atoms with van der Waals surface area (Å²) in [7, 11) is 0. The van der Waals surface area contributed by atoms with Gasteiger partial charge < -0.3 is 66.5 Å². The maximum Gasteiger partial charge on any atom is 0.342 e. The molecule has 10 N–H and O–H groups in total. The summed E-state index contributed by atoms with van der Waals surface area (Å²) in [6.07, 6.45) is 24.7. The number of thiazole rings is 4. The highest BCUT2D eigenvalue weighted by Gasteiger charge is 2.35. The number of nitrogens with one attached hydrogen (secondary N) is 10. The number of thiophene rings is 1. The van der Waals surface area contributed by atoms with Crippen LogP contribution in [0.5, 0.6) is 0 Å². The first-order valence-corrected chi connectivity index (χ1v) is 48.6. The van der Waals surface area contributed by atoms with Crippen LogP contribution in [0.3, 0.4) is 0 Å². The van der Waals surface area contributed by atoms with Gasteiger partial charge in [-0.3, -0.25) is 43.6 Å². The average molecular weight is 1870 g/mol. The van der Waals surface area contributed by atoms with E-state index in [1.54, 1.807) is 31.0 Å². The van der Waals surface area contributed by atoms with E-state index in [4.69, 9.17) is 18.9 Å². The fourth-order valence-electron chi connectivity index (χ4n) is 16.3. The summed E-state index contributed by atoms with van der Waals surface area (Å²) in [5.41, 5.74) is 15.1. The third-order valence-electron chi connectivity index (χ3n) is 24.5. The molecule has 8 aliphatic rings. The first-order chi connectivity index (χ1) is 64.5. The van der Waals surface area contributed by atoms with E-state index in [0.717, 1.165) is 204 Å². The predicted molar refractivity (Wildman–Crippen MR) is 509 cm³/mol. The molecule has 0 bridgehead atoms. The van der Waals surface area contributed by atoms with Crippen molar-refractivity contribution in [2.75, 3.05) is 74.1 Å². The molecule has 16 heterocycles. The van der Waals surface area contributed by atoms with E-state index in [2.05, 4.69) is 115 Å². The lowest BCUT2D eigenvalue weighted by atomic mass is 10.0. The molecular formula is C94H89N21O12S5. The topological polar surface area (TPSA) is 435 Å². The highest BCUT2D eigenvalue weighted by Crippen LogP contribution is 2.41. The van der Waals surface area contributed by atoms with Gasteiger partial charge in [0, 0.05) is 170 Å². The normalized spacial score (nSPS) is 16.8. The molecule has 4 aliphatic heterocycles. The summed E-state index contributed by atoms with van der Waals surface area (Å²) >= 11 is 7.34. The Bertz CT molecular complexity index is 6320. The zero-order chi connectivity index (χ0) is 89.5. The third-order valence-corrected chi connectivity index (χ3v) is 29.2. The van der Waals surface area contributed by atoms with Gasteiger partial charge in [0.25, 0.3) is 17.7 Å². The fraction of sp³-hybridized carbons (Fsp3) is 0.340. The number of benzene rings is 4. The van der Waals surface area contributed by atoms with Crippen molar-refractivity contribution < 1.29 is 57.3 Å². The van der Waals surface area contributed by atoms with E-state index < -0.39 is 0 Å². The number of aromatic amines is 2. The van der Waals surface area contributed by atoms with E-state index in [0.29, 0.717) is 118 Å². The number of hydrogen-bond acceptors (Lipinski definition) is 27. The molecule has 0 atom stereocenters. The molecule has 672 valence electrons. The van der Waals surface area contributed by atoms with Crippen molar-refractivity contribution in [3.63, 3.8) is 0 Å². The number of carbonyl (C=O) groups excluding carboxylic acids is 8. The summed E-state index contributed by atoms with van der Waals surface area (Å²) in [6, 6.07) is 32.0. The Morgan fingerprint density at radius 3 is 1.18 bits per heavy atom. The number of nitrogens with zero attached hydrogens (tertiary/aromatic N) is 11. The molecule has 16 aromatic rings. The summed E-state index contributed by atoms with van der Waals surface area (Å²) < 4.78 is 26.8. The van der Waals surface area contributed by atoms with Crippen molar-refractivity contribution in [2.24, 2.45) is 23.7 Å². The van der Waals surface area contributed by atoms with Crippen LogP contribution in [0.15, 0.2) is 140 Å². The van der Waals surface area contributed by atoms with Crippen molar-refractivity contribution in [1.82, 2.24) is 86.1 Å². The first kappa shape index (κ1) is 85.8. The van der Waals surface area contributed by atoms with Gasteiger partial charge in [-0.05, 0) is 198 Å². The van der Waals surface area contributed by atoms with Crippen molar-refractivity contribution in [2.45, 2.75) is 127 Å². The zero-order valence-corrected chi connectivity index (χ0v) is 75.3. The van der Waals surface area contributed by atoms with Crippen LogP contribution in [0.2, 0.25) is 0 Å². The number of rotatable bonds is 19. The van der Waals surface area contributed by atoms with Crippen molar-refractivity contribution in [3.05, 3.63) is 156 Å². The maximum absolute atomic E-state index is 12.9. The van der Waals surface area contributed by atoms with E-state index in [9.17, 15) is 38.4 Å². The standard InChI is InChI=1S/C24H23N5O3S.C24H22N4O3S2.2C23H22N6O3S/c30-22(13-1-2-13)29-24-28-19-4-3-14(10-20(19)33-24)15-9-17-18(12-26-21(17)25-11-15)23(31)27-16-5-7-32-8-6-16;29-21(13-1-2-13)28-24-27-19-4-3-14(10-20(19)33-24)15-9-17-18(12-32-23(17)25-11-15)22(30)26-16-5-7-31-8-6-16;30-21(13-1-2-13)28-22-27-17-4-3-14(10-20(17)33-22)15-9-19-18(24-11-15)12-25-29(19)23(31)26-16-5-7-32-8-6-16;30-21(12-1-2-12)27-23-26-17-4-3-13(10-18(17)33-23)14-9-16-19(28-29-20(16)24-11-14)22(31)25-15-5-7-32-8-6-15/h3-4,9-13,16H,1-2,5-8H2,(H,25,26)(H,27,31)(H,28,29,30);3-4,9-13,16H,1-2,5-8H2,(H,26,30)(H,27,28,29);3-4,9-13,16H,1-2,5-8H2,(H,26,31)(H,27,28,30);3-4,9-12,15H,1-2,5-8H2,(H,25,31)(H,24,28,29)(H,26,27,30). The lowest BCUT2D eigenvalue weighted by Crippen LogP contribution is -2.41. The minimum Gasteiger partial charge on any atom is -0.381 e. The molecule has 4 aromatic carbocycles. The minimum atomic E-state index is -0.259. The number of carbonyl (C=O) groups is 8. The van der Waals surface area contributed by atoms with Gasteiger partial charge in [0.15, 0.2) is 26.2 Å². The minimum absolute atomic E-state index is 0.0513. The number of ether oxygens (including phenoxy) is 4. The Morgan fingerprint density at radius 2 is 0.742 bits per heavy atom. The van der Waals surface area contributed by atoms with E-state index in [1.165, 1.54) is 61.4 Å². The quantitative estimate of drug-likeness (QED) is 0.0359. The number of aromatic nitrogens is 13. The monoisotopic (exact) mass is 1860 g/mol. The summed E-state index contributed by atoms with van der Waals surface area (Å²) in [4.78, 5) is 140. The third kappa shape index (κ3) is 19.7. The highest BCUT2D eigenvalue weighted by molar-refractivity contribution is 7.23. The molecule has 132 heavy (non-hydrogen) atoms. The molecule has 0 unspecified atom stereocenters. The van der Waals surface area contributed by atoms with Crippen LogP contribution in [0, 0.1) is 23.7 Å². The number of amides is 8. The molecule has 4 saturated carbocycles. The van der Waals surface area contributed by atoms with Gasteiger partial charge in [-0.25, -0.2) is 39.7 Å². The van der Waals surface area contributed by atoms with Gasteiger partial charge in [0.1, 0.15) is 21.7 Å². The van der Waals surface area contributed by atoms with Gasteiger partial charge >= 0.3 is 6.03 Å². The zero-order valence-electron chi connectivity index (χ0n) is 71.2. The predicted octanol–water partition coefficient (Wildman–Crippen LogP) is 16.2. The molecular weight excluding hydrogens is 1780 g/mol. The van der Waals surface area contributed by atoms with Gasteiger partial charge in [-0.1, -0.05) is 69.6 Å². The molecule has 0 radical (unpaired) electrons. The smallest absolute Gasteiger partial charge is 0.342 e. The van der Waals surface area contributed by atoms with E-state index >= 15 is 0 Å². The Morgan fingerprint density at radius 1 is 0.364 bits per heavy atom. The second-order valence-electron chi connectivity index (χ2n) is 34.2. The summed E-state index contributed by atoms with van der Waals surface area (Å²) in [5, 5.41) is 42.1. The Hall–Kier alpha value is -12.9. The van der Waals surface area contributed by atoms with Crippen LogP contribution in [-0.4, -0.2) is 189 Å². The second-order valence-corrected chi connectivity index (χ2v) is 39.2. The van der Waals surface area contributed by atoms with E-state index in [1.807, 2.05) is 96.5 Å². The Labute approximate surface area is 772 Å². The number of anilines is 4. The molecule has 4 aliphatic carbocycles. The highest BCUT2D eigenvalue weighted by atomic mass is 32.1. The molecule has 38 heteroatoms. The number of hydrogen-bond donors (Lipinski definition) is 10. The molecule has 0 spiro atoms. The van der Waals surface area contributed by atoms with Gasteiger partial charge in [0.05, 0.1) is 69.1 Å². The van der Waals surface area contributed by atoms with Gasteiger partial charge in [-0.2, -0.15) is 14.9 Å². The largest absolute Gasteiger partial charge is 0.381 e.